The summed E-state index contributed by atoms with van der Waals surface area (Å²) in [5.74, 6) is -0.205. The second kappa shape index (κ2) is 25.4. The van der Waals surface area contributed by atoms with E-state index in [1.807, 2.05) is 48.5 Å². The molecule has 3 aromatic rings. The molecule has 3 aromatic carbocycles. The Morgan fingerprint density at radius 1 is 0.691 bits per heavy atom. The van der Waals surface area contributed by atoms with Gasteiger partial charge in [0.15, 0.2) is 6.29 Å². The van der Waals surface area contributed by atoms with Crippen molar-refractivity contribution in [2.75, 3.05) is 36.0 Å². The molecule has 0 bridgehead atoms. The number of benzene rings is 3. The van der Waals surface area contributed by atoms with Crippen LogP contribution in [0.3, 0.4) is 0 Å². The predicted molar refractivity (Wildman–Crippen MR) is 225 cm³/mol. The van der Waals surface area contributed by atoms with Gasteiger partial charge >= 0.3 is 0 Å². The fraction of sp³-hybridized carbons (Fsp3) is 0.565. The molecule has 0 aromatic heterocycles. The SMILES string of the molecule is CCCCCCCCN(CCCCCCCC)CC1CC(c2ccc(CO)cc2)OC(c2ccc(NC(=O)CCCCC(=O)Nc3ccccc3N)cc2)O1. The zero-order chi connectivity index (χ0) is 39.1. The summed E-state index contributed by atoms with van der Waals surface area (Å²) < 4.78 is 13.4. The Labute approximate surface area is 330 Å². The maximum absolute atomic E-state index is 12.8. The summed E-state index contributed by atoms with van der Waals surface area (Å²) in [5, 5.41) is 15.5. The number of unbranched alkanes of at least 4 members (excludes halogenated alkanes) is 11. The van der Waals surface area contributed by atoms with Crippen LogP contribution in [-0.2, 0) is 25.7 Å². The minimum atomic E-state index is -0.548. The van der Waals surface area contributed by atoms with E-state index in [1.165, 1.54) is 77.0 Å². The Hall–Kier alpha value is -3.76. The lowest BCUT2D eigenvalue weighted by atomic mass is 9.99. The molecule has 1 heterocycles. The van der Waals surface area contributed by atoms with E-state index in [2.05, 4.69) is 41.5 Å². The molecule has 2 amide bonds. The number of aliphatic hydroxyl groups excluding tert-OH is 1. The molecule has 9 heteroatoms. The largest absolute Gasteiger partial charge is 0.397 e. The quantitative estimate of drug-likeness (QED) is 0.0474. The van der Waals surface area contributed by atoms with Gasteiger partial charge in [-0.3, -0.25) is 9.59 Å². The number of nitrogens with two attached hydrogens (primary N) is 1. The molecule has 0 radical (unpaired) electrons. The monoisotopic (exact) mass is 757 g/mol. The standard InChI is InChI=1S/C46H68N4O5/c1-3-5-7-9-11-17-31-50(32-18-12-10-8-6-4-2)34-40-33-43(37-25-23-36(35-51)24-26-37)55-46(54-40)38-27-29-39(30-28-38)48-44(52)21-15-16-22-45(53)49-42-20-14-13-19-41(42)47/h13-14,19-20,23-30,40,43,46,51H,3-12,15-18,21-22,31-35,47H2,1-2H3,(H,48,52)(H,49,53). The number of ether oxygens (including phenoxy) is 2. The Morgan fingerprint density at radius 2 is 1.25 bits per heavy atom. The van der Waals surface area contributed by atoms with Crippen LogP contribution in [0.4, 0.5) is 17.1 Å². The van der Waals surface area contributed by atoms with Gasteiger partial charge in [0.25, 0.3) is 0 Å². The van der Waals surface area contributed by atoms with Crippen molar-refractivity contribution >= 4 is 28.9 Å². The number of carbonyl (C=O) groups is 2. The minimum Gasteiger partial charge on any atom is -0.397 e. The second-order valence-corrected chi connectivity index (χ2v) is 15.2. The highest BCUT2D eigenvalue weighted by Gasteiger charge is 2.33. The zero-order valence-electron chi connectivity index (χ0n) is 33.6. The summed E-state index contributed by atoms with van der Waals surface area (Å²) in [7, 11) is 0. The summed E-state index contributed by atoms with van der Waals surface area (Å²) in [4.78, 5) is 27.7. The van der Waals surface area contributed by atoms with Crippen LogP contribution in [-0.4, -0.2) is 47.6 Å². The molecule has 1 aliphatic heterocycles. The number of nitrogen functional groups attached to an aromatic ring is 1. The number of nitrogens with zero attached hydrogens (tertiary/aromatic N) is 1. The molecule has 302 valence electrons. The van der Waals surface area contributed by atoms with Crippen LogP contribution < -0.4 is 16.4 Å². The molecule has 3 atom stereocenters. The van der Waals surface area contributed by atoms with Gasteiger partial charge in [0.2, 0.25) is 11.8 Å². The molecule has 9 nitrogen and oxygen atoms in total. The highest BCUT2D eigenvalue weighted by atomic mass is 16.7. The van der Waals surface area contributed by atoms with Crippen LogP contribution in [0.25, 0.3) is 0 Å². The van der Waals surface area contributed by atoms with Crippen LogP contribution >= 0.6 is 0 Å². The van der Waals surface area contributed by atoms with E-state index < -0.39 is 6.29 Å². The first-order valence-corrected chi connectivity index (χ1v) is 21.2. The average Bonchev–Trinajstić information content (AvgIpc) is 3.20. The molecule has 5 N–H and O–H groups in total. The first kappa shape index (κ1) is 44.0. The fourth-order valence-corrected chi connectivity index (χ4v) is 7.19. The van der Waals surface area contributed by atoms with Crippen molar-refractivity contribution in [3.05, 3.63) is 89.5 Å². The van der Waals surface area contributed by atoms with Gasteiger partial charge in [-0.2, -0.15) is 0 Å². The van der Waals surface area contributed by atoms with Crippen molar-refractivity contribution in [3.63, 3.8) is 0 Å². The number of rotatable bonds is 26. The van der Waals surface area contributed by atoms with Gasteiger partial charge in [-0.25, -0.2) is 0 Å². The van der Waals surface area contributed by atoms with Crippen LogP contribution in [0.1, 0.15) is 152 Å². The highest BCUT2D eigenvalue weighted by molar-refractivity contribution is 5.94. The zero-order valence-corrected chi connectivity index (χ0v) is 33.6. The van der Waals surface area contributed by atoms with Gasteiger partial charge in [-0.15, -0.1) is 0 Å². The molecule has 0 saturated carbocycles. The van der Waals surface area contributed by atoms with Gasteiger partial charge in [-0.1, -0.05) is 127 Å². The summed E-state index contributed by atoms with van der Waals surface area (Å²) in [5.41, 5.74) is 10.6. The lowest BCUT2D eigenvalue weighted by molar-refractivity contribution is -0.253. The number of hydrogen-bond acceptors (Lipinski definition) is 7. The Morgan fingerprint density at radius 3 is 1.85 bits per heavy atom. The van der Waals surface area contributed by atoms with E-state index in [0.717, 1.165) is 42.7 Å². The lowest BCUT2D eigenvalue weighted by Crippen LogP contribution is -2.40. The normalized spacial score (nSPS) is 17.0. The Bertz CT molecular complexity index is 1500. The third-order valence-electron chi connectivity index (χ3n) is 10.5. The molecular formula is C46H68N4O5. The van der Waals surface area contributed by atoms with Crippen molar-refractivity contribution in [1.29, 1.82) is 0 Å². The number of para-hydroxylation sites is 2. The molecule has 1 saturated heterocycles. The number of hydrogen-bond donors (Lipinski definition) is 4. The van der Waals surface area contributed by atoms with Gasteiger partial charge in [0, 0.05) is 37.1 Å². The second-order valence-electron chi connectivity index (χ2n) is 15.2. The molecule has 0 spiro atoms. The van der Waals surface area contributed by atoms with Gasteiger partial charge in [0.1, 0.15) is 0 Å². The van der Waals surface area contributed by atoms with Crippen molar-refractivity contribution in [2.24, 2.45) is 0 Å². The topological polar surface area (TPSA) is 126 Å². The van der Waals surface area contributed by atoms with E-state index in [1.54, 1.807) is 12.1 Å². The minimum absolute atomic E-state index is 0.00652. The maximum atomic E-state index is 12.8. The van der Waals surface area contributed by atoms with Crippen molar-refractivity contribution in [1.82, 2.24) is 4.90 Å². The molecule has 1 aliphatic rings. The number of amides is 2. The summed E-state index contributed by atoms with van der Waals surface area (Å²) in [6.07, 6.45) is 17.3. The Kier molecular flexibility index (Phi) is 20.3. The average molecular weight is 757 g/mol. The third kappa shape index (κ3) is 16.5. The Balaban J connectivity index is 1.34. The van der Waals surface area contributed by atoms with Gasteiger partial charge < -0.3 is 35.8 Å². The number of nitrogens with one attached hydrogen (secondary N) is 2. The summed E-state index contributed by atoms with van der Waals surface area (Å²) >= 11 is 0. The predicted octanol–water partition coefficient (Wildman–Crippen LogP) is 10.5. The highest BCUT2D eigenvalue weighted by Crippen LogP contribution is 2.38. The number of aliphatic hydroxyl groups is 1. The van der Waals surface area contributed by atoms with Crippen LogP contribution in [0.2, 0.25) is 0 Å². The van der Waals surface area contributed by atoms with Crippen LogP contribution in [0.5, 0.6) is 0 Å². The molecular weight excluding hydrogens is 689 g/mol. The van der Waals surface area contributed by atoms with E-state index in [4.69, 9.17) is 15.2 Å². The van der Waals surface area contributed by atoms with Gasteiger partial charge in [0.05, 0.1) is 30.2 Å². The summed E-state index contributed by atoms with van der Waals surface area (Å²) in [6, 6.07) is 23.0. The summed E-state index contributed by atoms with van der Waals surface area (Å²) in [6.45, 7) is 7.59. The van der Waals surface area contributed by atoms with Crippen molar-refractivity contribution < 1.29 is 24.2 Å². The first-order chi connectivity index (χ1) is 26.9. The van der Waals surface area contributed by atoms with Crippen LogP contribution in [0.15, 0.2) is 72.8 Å². The molecule has 1 fully saturated rings. The number of carbonyl (C=O) groups excluding carboxylic acids is 2. The molecule has 55 heavy (non-hydrogen) atoms. The fourth-order valence-electron chi connectivity index (χ4n) is 7.19. The van der Waals surface area contributed by atoms with Crippen LogP contribution in [0, 0.1) is 0 Å². The number of anilines is 3. The van der Waals surface area contributed by atoms with E-state index in [0.29, 0.717) is 42.7 Å². The smallest absolute Gasteiger partial charge is 0.224 e. The first-order valence-electron chi connectivity index (χ1n) is 21.2. The third-order valence-corrected chi connectivity index (χ3v) is 10.5. The molecule has 4 rings (SSSR count). The maximum Gasteiger partial charge on any atom is 0.224 e. The van der Waals surface area contributed by atoms with E-state index in [9.17, 15) is 14.7 Å². The van der Waals surface area contributed by atoms with Gasteiger partial charge in [-0.05, 0) is 74.2 Å². The lowest BCUT2D eigenvalue weighted by Gasteiger charge is -2.38. The van der Waals surface area contributed by atoms with E-state index >= 15 is 0 Å². The van der Waals surface area contributed by atoms with Crippen molar-refractivity contribution in [2.45, 2.75) is 148 Å². The molecule has 3 unspecified atom stereocenters. The van der Waals surface area contributed by atoms with E-state index in [-0.39, 0.29) is 30.6 Å². The molecule has 0 aliphatic carbocycles. The van der Waals surface area contributed by atoms with Crippen molar-refractivity contribution in [3.8, 4) is 0 Å².